The van der Waals surface area contributed by atoms with Crippen molar-refractivity contribution in [2.75, 3.05) is 12.8 Å². The maximum absolute atomic E-state index is 11.6. The molecule has 1 fully saturated rings. The molecule has 1 heterocycles. The highest BCUT2D eigenvalue weighted by Crippen LogP contribution is 2.52. The van der Waals surface area contributed by atoms with E-state index in [0.717, 1.165) is 18.8 Å². The predicted molar refractivity (Wildman–Crippen MR) is 69.2 cm³/mol. The third-order valence-electron chi connectivity index (χ3n) is 3.90. The van der Waals surface area contributed by atoms with Crippen LogP contribution in [-0.4, -0.2) is 22.6 Å². The number of esters is 1. The smallest absolute Gasteiger partial charge is 0.360 e. The van der Waals surface area contributed by atoms with Gasteiger partial charge < -0.3 is 15.0 Å². The normalized spacial score (nSPS) is 20.8. The minimum Gasteiger partial charge on any atom is -0.464 e. The number of imidazole rings is 1. The van der Waals surface area contributed by atoms with Crippen molar-refractivity contribution in [1.29, 1.82) is 0 Å². The van der Waals surface area contributed by atoms with E-state index in [1.807, 2.05) is 11.5 Å². The molecule has 100 valence electrons. The zero-order chi connectivity index (χ0) is 13.5. The van der Waals surface area contributed by atoms with Crippen molar-refractivity contribution in [2.45, 2.75) is 40.2 Å². The van der Waals surface area contributed by atoms with Crippen molar-refractivity contribution >= 4 is 11.8 Å². The summed E-state index contributed by atoms with van der Waals surface area (Å²) in [4.78, 5) is 15.9. The summed E-state index contributed by atoms with van der Waals surface area (Å²) in [5.74, 6) is 1.44. The standard InChI is InChI=1S/C13H21N3O2/c1-5-9-15-10(12(17)18-4)11(14)16(9)7-8-6-13(8,2)3/h8H,5-7,14H2,1-4H3. The third kappa shape index (κ3) is 2.09. The first-order valence-corrected chi connectivity index (χ1v) is 6.34. The average Bonchev–Trinajstić information content (AvgIpc) is 2.80. The van der Waals surface area contributed by atoms with Crippen LogP contribution in [0.4, 0.5) is 5.82 Å². The lowest BCUT2D eigenvalue weighted by Crippen LogP contribution is -2.11. The molecule has 0 amide bonds. The molecule has 2 rings (SSSR count). The summed E-state index contributed by atoms with van der Waals surface area (Å²) >= 11 is 0. The molecule has 1 unspecified atom stereocenters. The molecule has 1 atom stereocenters. The average molecular weight is 251 g/mol. The SMILES string of the molecule is CCc1nc(C(=O)OC)c(N)n1CC1CC1(C)C. The second kappa shape index (κ2) is 4.30. The number of ether oxygens (including phenoxy) is 1. The summed E-state index contributed by atoms with van der Waals surface area (Å²) in [6.07, 6.45) is 1.95. The highest BCUT2D eigenvalue weighted by molar-refractivity contribution is 5.92. The van der Waals surface area contributed by atoms with Crippen LogP contribution in [-0.2, 0) is 17.7 Å². The molecule has 5 heteroatoms. The first-order valence-electron chi connectivity index (χ1n) is 6.34. The minimum absolute atomic E-state index is 0.243. The Hall–Kier alpha value is -1.52. The number of rotatable bonds is 4. The fraction of sp³-hybridized carbons (Fsp3) is 0.692. The van der Waals surface area contributed by atoms with Crippen LogP contribution in [0, 0.1) is 11.3 Å². The van der Waals surface area contributed by atoms with E-state index in [0.29, 0.717) is 17.2 Å². The van der Waals surface area contributed by atoms with E-state index in [4.69, 9.17) is 10.5 Å². The summed E-state index contributed by atoms with van der Waals surface area (Å²) in [5, 5.41) is 0. The molecule has 0 spiro atoms. The van der Waals surface area contributed by atoms with Crippen LogP contribution >= 0.6 is 0 Å². The number of carbonyl (C=O) groups excluding carboxylic acids is 1. The Morgan fingerprint density at radius 1 is 1.61 bits per heavy atom. The van der Waals surface area contributed by atoms with E-state index in [1.165, 1.54) is 13.5 Å². The van der Waals surface area contributed by atoms with Gasteiger partial charge in [-0.1, -0.05) is 20.8 Å². The number of aryl methyl sites for hydroxylation is 1. The van der Waals surface area contributed by atoms with Crippen molar-refractivity contribution in [3.63, 3.8) is 0 Å². The van der Waals surface area contributed by atoms with Gasteiger partial charge in [-0.2, -0.15) is 0 Å². The molecule has 0 saturated heterocycles. The lowest BCUT2D eigenvalue weighted by atomic mass is 10.1. The van der Waals surface area contributed by atoms with E-state index in [-0.39, 0.29) is 5.69 Å². The van der Waals surface area contributed by atoms with Gasteiger partial charge >= 0.3 is 5.97 Å². The molecule has 0 aliphatic heterocycles. The molecule has 1 aromatic rings. The van der Waals surface area contributed by atoms with Gasteiger partial charge in [0.15, 0.2) is 5.69 Å². The summed E-state index contributed by atoms with van der Waals surface area (Å²) in [6.45, 7) is 7.35. The number of hydrogen-bond acceptors (Lipinski definition) is 4. The number of anilines is 1. The highest BCUT2D eigenvalue weighted by atomic mass is 16.5. The summed E-state index contributed by atoms with van der Waals surface area (Å²) in [6, 6.07) is 0. The third-order valence-corrected chi connectivity index (χ3v) is 3.90. The zero-order valence-corrected chi connectivity index (χ0v) is 11.5. The maximum atomic E-state index is 11.6. The van der Waals surface area contributed by atoms with Crippen molar-refractivity contribution in [2.24, 2.45) is 11.3 Å². The van der Waals surface area contributed by atoms with Gasteiger partial charge in [0, 0.05) is 13.0 Å². The minimum atomic E-state index is -0.462. The number of aromatic nitrogens is 2. The van der Waals surface area contributed by atoms with Gasteiger partial charge in [0.1, 0.15) is 11.6 Å². The molecule has 18 heavy (non-hydrogen) atoms. The van der Waals surface area contributed by atoms with Crippen molar-refractivity contribution in [1.82, 2.24) is 9.55 Å². The molecule has 0 aromatic carbocycles. The second-order valence-electron chi connectivity index (χ2n) is 5.61. The molecule has 1 saturated carbocycles. The highest BCUT2D eigenvalue weighted by Gasteiger charge is 2.46. The van der Waals surface area contributed by atoms with E-state index < -0.39 is 5.97 Å². The van der Waals surface area contributed by atoms with Crippen molar-refractivity contribution < 1.29 is 9.53 Å². The van der Waals surface area contributed by atoms with Crippen LogP contribution in [0.25, 0.3) is 0 Å². The van der Waals surface area contributed by atoms with Crippen LogP contribution in [0.5, 0.6) is 0 Å². The Kier molecular flexibility index (Phi) is 3.09. The quantitative estimate of drug-likeness (QED) is 0.829. The van der Waals surface area contributed by atoms with Gasteiger partial charge in [-0.05, 0) is 17.8 Å². The zero-order valence-electron chi connectivity index (χ0n) is 11.5. The molecule has 0 bridgehead atoms. The largest absolute Gasteiger partial charge is 0.464 e. The fourth-order valence-electron chi connectivity index (χ4n) is 2.34. The van der Waals surface area contributed by atoms with Crippen LogP contribution < -0.4 is 5.73 Å². The Balaban J connectivity index is 2.28. The Labute approximate surface area is 107 Å². The summed E-state index contributed by atoms with van der Waals surface area (Å²) < 4.78 is 6.66. The lowest BCUT2D eigenvalue weighted by Gasteiger charge is -2.10. The lowest BCUT2D eigenvalue weighted by molar-refractivity contribution is 0.0595. The molecule has 1 aromatic heterocycles. The first-order chi connectivity index (χ1) is 8.40. The molecular weight excluding hydrogens is 230 g/mol. The Morgan fingerprint density at radius 2 is 2.22 bits per heavy atom. The van der Waals surface area contributed by atoms with Crippen LogP contribution in [0.1, 0.15) is 43.5 Å². The van der Waals surface area contributed by atoms with Crippen LogP contribution in [0.15, 0.2) is 0 Å². The summed E-state index contributed by atoms with van der Waals surface area (Å²) in [7, 11) is 1.34. The van der Waals surface area contributed by atoms with E-state index in [1.54, 1.807) is 0 Å². The van der Waals surface area contributed by atoms with Gasteiger partial charge in [-0.25, -0.2) is 9.78 Å². The van der Waals surface area contributed by atoms with E-state index >= 15 is 0 Å². The maximum Gasteiger partial charge on any atom is 0.360 e. The van der Waals surface area contributed by atoms with Crippen LogP contribution in [0.3, 0.4) is 0 Å². The summed E-state index contributed by atoms with van der Waals surface area (Å²) in [5.41, 5.74) is 6.65. The van der Waals surface area contributed by atoms with Gasteiger partial charge in [0.2, 0.25) is 0 Å². The van der Waals surface area contributed by atoms with Crippen molar-refractivity contribution in [3.05, 3.63) is 11.5 Å². The molecular formula is C13H21N3O2. The van der Waals surface area contributed by atoms with Crippen molar-refractivity contribution in [3.8, 4) is 0 Å². The number of nitrogens with two attached hydrogens (primary N) is 1. The number of carbonyl (C=O) groups is 1. The van der Waals surface area contributed by atoms with Gasteiger partial charge in [-0.3, -0.25) is 0 Å². The number of nitrogens with zero attached hydrogens (tertiary/aromatic N) is 2. The van der Waals surface area contributed by atoms with Crippen LogP contribution in [0.2, 0.25) is 0 Å². The Morgan fingerprint density at radius 3 is 2.67 bits per heavy atom. The first kappa shape index (κ1) is 12.9. The molecule has 1 aliphatic rings. The monoisotopic (exact) mass is 251 g/mol. The van der Waals surface area contributed by atoms with Gasteiger partial charge in [0.05, 0.1) is 7.11 Å². The van der Waals surface area contributed by atoms with E-state index in [9.17, 15) is 4.79 Å². The molecule has 0 radical (unpaired) electrons. The molecule has 1 aliphatic carbocycles. The topological polar surface area (TPSA) is 70.1 Å². The fourth-order valence-corrected chi connectivity index (χ4v) is 2.34. The molecule has 2 N–H and O–H groups in total. The Bertz CT molecular complexity index is 477. The van der Waals surface area contributed by atoms with Gasteiger partial charge in [0.25, 0.3) is 0 Å². The predicted octanol–water partition coefficient (Wildman–Crippen LogP) is 1.86. The second-order valence-corrected chi connectivity index (χ2v) is 5.61. The van der Waals surface area contributed by atoms with E-state index in [2.05, 4.69) is 18.8 Å². The number of methoxy groups -OCH3 is 1. The number of hydrogen-bond donors (Lipinski definition) is 1. The van der Waals surface area contributed by atoms with Gasteiger partial charge in [-0.15, -0.1) is 0 Å². The number of nitrogen functional groups attached to an aromatic ring is 1. The molecule has 5 nitrogen and oxygen atoms in total.